The summed E-state index contributed by atoms with van der Waals surface area (Å²) < 4.78 is 7.75. The van der Waals surface area contributed by atoms with Crippen LogP contribution < -0.4 is 4.74 Å². The van der Waals surface area contributed by atoms with Gasteiger partial charge in [-0.1, -0.05) is 29.8 Å². The number of nitrogens with zero attached hydrogens (tertiary/aromatic N) is 2. The van der Waals surface area contributed by atoms with Gasteiger partial charge >= 0.3 is 0 Å². The average molecular weight is 343 g/mol. The van der Waals surface area contributed by atoms with Gasteiger partial charge in [-0.05, 0) is 30.3 Å². The molecular weight excluding hydrogens is 328 g/mol. The Bertz CT molecular complexity index is 885. The first-order chi connectivity index (χ1) is 11.6. The number of aromatic nitrogens is 1. The highest BCUT2D eigenvalue weighted by molar-refractivity contribution is 6.30. The number of halogens is 1. The lowest BCUT2D eigenvalue weighted by molar-refractivity contribution is -0.400. The van der Waals surface area contributed by atoms with Crippen molar-refractivity contribution in [1.82, 2.24) is 4.57 Å². The molecule has 3 aromatic rings. The molecule has 0 aliphatic heterocycles. The summed E-state index contributed by atoms with van der Waals surface area (Å²) in [6.45, 7) is 1.12. The molecule has 0 aliphatic carbocycles. The molecule has 0 saturated carbocycles. The summed E-state index contributed by atoms with van der Waals surface area (Å²) in [5, 5.41) is 12.2. The normalized spacial score (nSPS) is 11.2. The van der Waals surface area contributed by atoms with Crippen molar-refractivity contribution in [2.75, 3.05) is 6.61 Å². The lowest BCUT2D eigenvalue weighted by Crippen LogP contribution is -2.07. The molecular formula is C18H15ClN2O3. The molecule has 0 aliphatic rings. The van der Waals surface area contributed by atoms with E-state index in [1.54, 1.807) is 12.1 Å². The largest absolute Gasteiger partial charge is 0.492 e. The molecule has 0 N–H and O–H groups in total. The van der Waals surface area contributed by atoms with Gasteiger partial charge in [-0.25, -0.2) is 0 Å². The predicted octanol–water partition coefficient (Wildman–Crippen LogP) is 4.62. The van der Waals surface area contributed by atoms with Gasteiger partial charge in [0.15, 0.2) is 0 Å². The van der Waals surface area contributed by atoms with Crippen LogP contribution in [0.15, 0.2) is 60.9 Å². The Kier molecular flexibility index (Phi) is 4.82. The van der Waals surface area contributed by atoms with Gasteiger partial charge in [-0.2, -0.15) is 0 Å². The molecule has 1 aromatic heterocycles. The first kappa shape index (κ1) is 16.1. The molecule has 3 rings (SSSR count). The fourth-order valence-electron chi connectivity index (χ4n) is 2.53. The van der Waals surface area contributed by atoms with E-state index in [-0.39, 0.29) is 0 Å². The Hall–Kier alpha value is -2.79. The van der Waals surface area contributed by atoms with E-state index < -0.39 is 4.92 Å². The van der Waals surface area contributed by atoms with Crippen LogP contribution in [0.2, 0.25) is 5.02 Å². The minimum absolute atomic E-state index is 0.463. The van der Waals surface area contributed by atoms with E-state index in [4.69, 9.17) is 16.3 Å². The molecule has 1 heterocycles. The first-order valence-electron chi connectivity index (χ1n) is 7.41. The van der Waals surface area contributed by atoms with Crippen LogP contribution in [-0.2, 0) is 6.54 Å². The van der Waals surface area contributed by atoms with Crippen LogP contribution in [0, 0.1) is 10.1 Å². The minimum atomic E-state index is -0.463. The molecule has 0 atom stereocenters. The monoisotopic (exact) mass is 342 g/mol. The van der Waals surface area contributed by atoms with E-state index in [9.17, 15) is 10.1 Å². The zero-order chi connectivity index (χ0) is 16.9. The molecule has 0 radical (unpaired) electrons. The van der Waals surface area contributed by atoms with Gasteiger partial charge in [0.05, 0.1) is 11.5 Å². The van der Waals surface area contributed by atoms with Crippen LogP contribution in [0.4, 0.5) is 0 Å². The van der Waals surface area contributed by atoms with E-state index in [1.165, 1.54) is 6.08 Å². The number of benzene rings is 2. The number of fused-ring (bicyclic) bond motifs is 1. The predicted molar refractivity (Wildman–Crippen MR) is 94.9 cm³/mol. The summed E-state index contributed by atoms with van der Waals surface area (Å²) >= 11 is 5.85. The van der Waals surface area contributed by atoms with Gasteiger partial charge in [0.25, 0.3) is 0 Å². The second-order valence-corrected chi connectivity index (χ2v) is 5.63. The van der Waals surface area contributed by atoms with E-state index in [1.807, 2.05) is 47.2 Å². The Morgan fingerprint density at radius 3 is 2.67 bits per heavy atom. The van der Waals surface area contributed by atoms with Crippen molar-refractivity contribution in [1.29, 1.82) is 0 Å². The van der Waals surface area contributed by atoms with Crippen LogP contribution in [-0.4, -0.2) is 16.1 Å². The summed E-state index contributed by atoms with van der Waals surface area (Å²) in [4.78, 5) is 10.1. The van der Waals surface area contributed by atoms with Crippen LogP contribution in [0.3, 0.4) is 0 Å². The molecule has 2 aromatic carbocycles. The second-order valence-electron chi connectivity index (χ2n) is 5.20. The van der Waals surface area contributed by atoms with Crippen molar-refractivity contribution < 1.29 is 9.66 Å². The third-order valence-corrected chi connectivity index (χ3v) is 3.86. The fraction of sp³-hybridized carbons (Fsp3) is 0.111. The van der Waals surface area contributed by atoms with E-state index in [0.717, 1.165) is 28.4 Å². The maximum atomic E-state index is 10.6. The number of hydrogen-bond acceptors (Lipinski definition) is 3. The molecule has 122 valence electrons. The number of hydrogen-bond donors (Lipinski definition) is 0. The molecule has 0 amide bonds. The molecule has 0 fully saturated rings. The van der Waals surface area contributed by atoms with Crippen molar-refractivity contribution in [2.24, 2.45) is 0 Å². The van der Waals surface area contributed by atoms with Gasteiger partial charge < -0.3 is 9.30 Å². The highest BCUT2D eigenvalue weighted by Crippen LogP contribution is 2.23. The molecule has 0 saturated heterocycles. The molecule has 0 spiro atoms. The summed E-state index contributed by atoms with van der Waals surface area (Å²) in [7, 11) is 0. The number of nitro groups is 1. The fourth-order valence-corrected chi connectivity index (χ4v) is 2.65. The van der Waals surface area contributed by atoms with Crippen molar-refractivity contribution >= 4 is 28.6 Å². The number of ether oxygens (including phenoxy) is 1. The maximum absolute atomic E-state index is 10.6. The molecule has 6 heteroatoms. The first-order valence-corrected chi connectivity index (χ1v) is 7.79. The quantitative estimate of drug-likeness (QED) is 0.485. The smallest absolute Gasteiger partial charge is 0.235 e. The zero-order valence-electron chi connectivity index (χ0n) is 12.8. The van der Waals surface area contributed by atoms with Crippen molar-refractivity contribution in [3.05, 3.63) is 81.6 Å². The second kappa shape index (κ2) is 7.19. The Morgan fingerprint density at radius 1 is 1.17 bits per heavy atom. The Morgan fingerprint density at radius 2 is 1.92 bits per heavy atom. The standard InChI is InChI=1S/C18H15ClN2O3/c19-15-5-7-16(8-6-15)24-12-11-20-13-14(9-10-21(22)23)17-3-1-2-4-18(17)20/h1-10,13H,11-12H2/b10-9+. The third-order valence-electron chi connectivity index (χ3n) is 3.61. The zero-order valence-corrected chi connectivity index (χ0v) is 13.5. The van der Waals surface area contributed by atoms with E-state index >= 15 is 0 Å². The van der Waals surface area contributed by atoms with Crippen LogP contribution in [0.5, 0.6) is 5.75 Å². The number of rotatable bonds is 6. The van der Waals surface area contributed by atoms with Crippen molar-refractivity contribution in [3.8, 4) is 5.75 Å². The van der Waals surface area contributed by atoms with Gasteiger partial charge in [0.2, 0.25) is 6.20 Å². The van der Waals surface area contributed by atoms with Gasteiger partial charge in [-0.3, -0.25) is 10.1 Å². The highest BCUT2D eigenvalue weighted by Gasteiger charge is 2.07. The summed E-state index contributed by atoms with van der Waals surface area (Å²) in [6.07, 6.45) is 4.37. The lowest BCUT2D eigenvalue weighted by Gasteiger charge is -2.08. The Balaban J connectivity index is 1.76. The average Bonchev–Trinajstić information content (AvgIpc) is 2.93. The SMILES string of the molecule is O=[N+]([O-])/C=C/c1cn(CCOc2ccc(Cl)cc2)c2ccccc12. The van der Waals surface area contributed by atoms with Crippen LogP contribution >= 0.6 is 11.6 Å². The van der Waals surface area contributed by atoms with Gasteiger partial charge in [0, 0.05) is 33.8 Å². The molecule has 5 nitrogen and oxygen atoms in total. The van der Waals surface area contributed by atoms with Crippen LogP contribution in [0.25, 0.3) is 17.0 Å². The molecule has 24 heavy (non-hydrogen) atoms. The van der Waals surface area contributed by atoms with Gasteiger partial charge in [0.1, 0.15) is 12.4 Å². The third kappa shape index (κ3) is 3.75. The maximum Gasteiger partial charge on any atom is 0.235 e. The molecule has 0 unspecified atom stereocenters. The molecule has 0 bridgehead atoms. The summed E-state index contributed by atoms with van der Waals surface area (Å²) in [5.74, 6) is 0.754. The summed E-state index contributed by atoms with van der Waals surface area (Å²) in [6, 6.07) is 15.0. The topological polar surface area (TPSA) is 57.3 Å². The van der Waals surface area contributed by atoms with Crippen molar-refractivity contribution in [2.45, 2.75) is 6.54 Å². The summed E-state index contributed by atoms with van der Waals surface area (Å²) in [5.41, 5.74) is 1.83. The minimum Gasteiger partial charge on any atom is -0.492 e. The Labute approximate surface area is 143 Å². The van der Waals surface area contributed by atoms with E-state index in [2.05, 4.69) is 0 Å². The van der Waals surface area contributed by atoms with E-state index in [0.29, 0.717) is 18.2 Å². The number of para-hydroxylation sites is 1. The van der Waals surface area contributed by atoms with Gasteiger partial charge in [-0.15, -0.1) is 0 Å². The van der Waals surface area contributed by atoms with Crippen LogP contribution in [0.1, 0.15) is 5.56 Å². The highest BCUT2D eigenvalue weighted by atomic mass is 35.5. The lowest BCUT2D eigenvalue weighted by atomic mass is 10.2. The van der Waals surface area contributed by atoms with Crippen molar-refractivity contribution in [3.63, 3.8) is 0 Å².